The van der Waals surface area contributed by atoms with Gasteiger partial charge in [-0.25, -0.2) is 0 Å². The fourth-order valence-corrected chi connectivity index (χ4v) is 3.09. The van der Waals surface area contributed by atoms with Crippen LogP contribution in [0.25, 0.3) is 0 Å². The average Bonchev–Trinajstić information content (AvgIpc) is 2.63. The fourth-order valence-electron chi connectivity index (χ4n) is 2.53. The molecule has 27 heavy (non-hydrogen) atoms. The van der Waals surface area contributed by atoms with Gasteiger partial charge < -0.3 is 15.4 Å². The van der Waals surface area contributed by atoms with E-state index in [1.54, 1.807) is 24.4 Å². The maximum Gasteiger partial charge on any atom is 0.184 e. The number of benzene rings is 2. The molecule has 0 aliphatic rings. The molecular weight excluding hydrogens is 403 g/mol. The number of ether oxygens (including phenoxy) is 1. The summed E-state index contributed by atoms with van der Waals surface area (Å²) >= 11 is 17.2. The largest absolute Gasteiger partial charge is 0.488 e. The molecule has 2 aromatic carbocycles. The summed E-state index contributed by atoms with van der Waals surface area (Å²) in [5.41, 5.74) is 10.5. The van der Waals surface area contributed by atoms with Gasteiger partial charge in [-0.15, -0.1) is 0 Å². The van der Waals surface area contributed by atoms with Gasteiger partial charge in [0.1, 0.15) is 12.4 Å². The Labute approximate surface area is 175 Å². The lowest BCUT2D eigenvalue weighted by molar-refractivity contribution is 0.306. The summed E-state index contributed by atoms with van der Waals surface area (Å²) in [6.45, 7) is 6.24. The number of halogens is 2. The first-order valence-corrected chi connectivity index (χ1v) is 9.65. The third-order valence-corrected chi connectivity index (χ3v) is 4.74. The number of thiocarbonyl (C=S) groups is 1. The van der Waals surface area contributed by atoms with Crippen molar-refractivity contribution in [3.05, 3.63) is 57.6 Å². The summed E-state index contributed by atoms with van der Waals surface area (Å²) in [4.78, 5) is 2.23. The molecule has 0 unspecified atom stereocenters. The Morgan fingerprint density at radius 3 is 2.48 bits per heavy atom. The van der Waals surface area contributed by atoms with Gasteiger partial charge in [0.05, 0.1) is 6.21 Å². The molecule has 2 rings (SSSR count). The number of hydrogen-bond donors (Lipinski definition) is 2. The molecule has 0 saturated carbocycles. The van der Waals surface area contributed by atoms with Crippen LogP contribution in [0.2, 0.25) is 10.0 Å². The van der Waals surface area contributed by atoms with Gasteiger partial charge in [0, 0.05) is 46.0 Å². The van der Waals surface area contributed by atoms with Gasteiger partial charge in [-0.3, -0.25) is 5.43 Å². The first-order valence-electron chi connectivity index (χ1n) is 8.49. The zero-order valence-corrected chi connectivity index (χ0v) is 17.5. The van der Waals surface area contributed by atoms with Crippen LogP contribution in [0, 0.1) is 0 Å². The van der Waals surface area contributed by atoms with Gasteiger partial charge in [0.25, 0.3) is 0 Å². The summed E-state index contributed by atoms with van der Waals surface area (Å²) in [6, 6.07) is 11.3. The van der Waals surface area contributed by atoms with Gasteiger partial charge in [0.15, 0.2) is 5.11 Å². The lowest BCUT2D eigenvalue weighted by Crippen LogP contribution is -2.24. The molecule has 0 heterocycles. The predicted molar refractivity (Wildman–Crippen MR) is 118 cm³/mol. The molecule has 2 aromatic rings. The molecule has 0 amide bonds. The first-order chi connectivity index (χ1) is 13.0. The van der Waals surface area contributed by atoms with Crippen molar-refractivity contribution in [2.45, 2.75) is 20.5 Å². The first kappa shape index (κ1) is 21.3. The van der Waals surface area contributed by atoms with Crippen LogP contribution in [0.3, 0.4) is 0 Å². The standard InChI is InChI=1S/C19H22Cl2N4OS/c1-3-25(4-2)14-9-8-13(11-23-24-19(22)27)18(10-14)26-12-15-16(20)6-5-7-17(15)21/h5-11H,3-4,12H2,1-2H3,(H3,22,24,27)/b23-11+. The Morgan fingerprint density at radius 1 is 1.22 bits per heavy atom. The van der Waals surface area contributed by atoms with Gasteiger partial charge >= 0.3 is 0 Å². The highest BCUT2D eigenvalue weighted by atomic mass is 35.5. The fraction of sp³-hybridized carbons (Fsp3) is 0.263. The van der Waals surface area contributed by atoms with Crippen molar-refractivity contribution in [2.75, 3.05) is 18.0 Å². The van der Waals surface area contributed by atoms with Crippen LogP contribution in [0.1, 0.15) is 25.0 Å². The number of nitrogens with one attached hydrogen (secondary N) is 1. The van der Waals surface area contributed by atoms with Crippen LogP contribution in [0.4, 0.5) is 5.69 Å². The van der Waals surface area contributed by atoms with Gasteiger partial charge in [0.2, 0.25) is 0 Å². The van der Waals surface area contributed by atoms with Crippen molar-refractivity contribution in [1.29, 1.82) is 0 Å². The van der Waals surface area contributed by atoms with E-state index in [0.717, 1.165) is 29.9 Å². The highest BCUT2D eigenvalue weighted by Gasteiger charge is 2.11. The Morgan fingerprint density at radius 2 is 1.89 bits per heavy atom. The minimum Gasteiger partial charge on any atom is -0.488 e. The summed E-state index contributed by atoms with van der Waals surface area (Å²) in [5, 5.41) is 5.24. The number of hydrogen-bond acceptors (Lipinski definition) is 4. The molecule has 3 N–H and O–H groups in total. The second kappa shape index (κ2) is 10.3. The summed E-state index contributed by atoms with van der Waals surface area (Å²) in [6.07, 6.45) is 1.61. The van der Waals surface area contributed by atoms with Crippen molar-refractivity contribution < 1.29 is 4.74 Å². The third kappa shape index (κ3) is 5.99. The molecule has 0 fully saturated rings. The van der Waals surface area contributed by atoms with Gasteiger partial charge in [-0.05, 0) is 50.3 Å². The minimum absolute atomic E-state index is 0.0938. The second-order valence-electron chi connectivity index (χ2n) is 5.62. The maximum atomic E-state index is 6.24. The number of rotatable bonds is 8. The second-order valence-corrected chi connectivity index (χ2v) is 6.87. The van der Waals surface area contributed by atoms with E-state index in [-0.39, 0.29) is 11.7 Å². The summed E-state index contributed by atoms with van der Waals surface area (Å²) in [7, 11) is 0. The molecule has 144 valence electrons. The SMILES string of the molecule is CCN(CC)c1ccc(/C=N/NC(N)=S)c(OCc2c(Cl)cccc2Cl)c1. The maximum absolute atomic E-state index is 6.24. The van der Waals surface area contributed by atoms with E-state index in [4.69, 9.17) is 45.9 Å². The Kier molecular flexibility index (Phi) is 8.16. The van der Waals surface area contributed by atoms with E-state index in [2.05, 4.69) is 29.3 Å². The third-order valence-electron chi connectivity index (χ3n) is 3.94. The van der Waals surface area contributed by atoms with E-state index >= 15 is 0 Å². The van der Waals surface area contributed by atoms with E-state index < -0.39 is 0 Å². The monoisotopic (exact) mass is 424 g/mol. The molecule has 0 aliphatic carbocycles. The molecule has 0 spiro atoms. The number of anilines is 1. The van der Waals surface area contributed by atoms with Crippen LogP contribution in [0.15, 0.2) is 41.5 Å². The lowest BCUT2D eigenvalue weighted by Gasteiger charge is -2.22. The molecule has 5 nitrogen and oxygen atoms in total. The number of nitrogens with two attached hydrogens (primary N) is 1. The lowest BCUT2D eigenvalue weighted by atomic mass is 10.1. The van der Waals surface area contributed by atoms with Crippen molar-refractivity contribution in [3.8, 4) is 5.75 Å². The molecule has 0 aromatic heterocycles. The molecule has 0 atom stereocenters. The molecule has 0 aliphatic heterocycles. The predicted octanol–water partition coefficient (Wildman–Crippen LogP) is 4.59. The summed E-state index contributed by atoms with van der Waals surface area (Å²) in [5.74, 6) is 0.656. The van der Waals surface area contributed by atoms with E-state index in [1.165, 1.54) is 0 Å². The zero-order valence-electron chi connectivity index (χ0n) is 15.2. The highest BCUT2D eigenvalue weighted by molar-refractivity contribution is 7.80. The minimum atomic E-state index is 0.0938. The van der Waals surface area contributed by atoms with Crippen LogP contribution in [-0.4, -0.2) is 24.4 Å². The van der Waals surface area contributed by atoms with E-state index in [9.17, 15) is 0 Å². The Bertz CT molecular complexity index is 805. The number of hydrazone groups is 1. The average molecular weight is 425 g/mol. The normalized spacial score (nSPS) is 10.8. The topological polar surface area (TPSA) is 62.9 Å². The van der Waals surface area contributed by atoms with Gasteiger partial charge in [-0.2, -0.15) is 5.10 Å². The zero-order chi connectivity index (χ0) is 19.8. The smallest absolute Gasteiger partial charge is 0.184 e. The van der Waals surface area contributed by atoms with Crippen molar-refractivity contribution in [1.82, 2.24) is 5.43 Å². The van der Waals surface area contributed by atoms with Crippen molar-refractivity contribution in [2.24, 2.45) is 10.8 Å². The highest BCUT2D eigenvalue weighted by Crippen LogP contribution is 2.29. The van der Waals surface area contributed by atoms with Crippen molar-refractivity contribution >= 4 is 52.4 Å². The molecule has 0 radical (unpaired) electrons. The van der Waals surface area contributed by atoms with Crippen LogP contribution < -0.4 is 20.8 Å². The van der Waals surface area contributed by atoms with Crippen LogP contribution in [-0.2, 0) is 6.61 Å². The van der Waals surface area contributed by atoms with E-state index in [0.29, 0.717) is 15.8 Å². The molecule has 8 heteroatoms. The van der Waals surface area contributed by atoms with Crippen LogP contribution >= 0.6 is 35.4 Å². The van der Waals surface area contributed by atoms with Crippen molar-refractivity contribution in [3.63, 3.8) is 0 Å². The Balaban J connectivity index is 2.32. The molecule has 0 saturated heterocycles. The van der Waals surface area contributed by atoms with Gasteiger partial charge in [-0.1, -0.05) is 29.3 Å². The quantitative estimate of drug-likeness (QED) is 0.368. The molecule has 0 bridgehead atoms. The molecular formula is C19H22Cl2N4OS. The number of nitrogens with zero attached hydrogens (tertiary/aromatic N) is 2. The Hall–Kier alpha value is -2.02. The van der Waals surface area contributed by atoms with Crippen LogP contribution in [0.5, 0.6) is 5.75 Å². The summed E-state index contributed by atoms with van der Waals surface area (Å²) < 4.78 is 6.04. The van der Waals surface area contributed by atoms with E-state index in [1.807, 2.05) is 18.2 Å².